The second-order valence-electron chi connectivity index (χ2n) is 1.14. The second kappa shape index (κ2) is 2.69. The second-order valence-corrected chi connectivity index (χ2v) is 1.14. The summed E-state index contributed by atoms with van der Waals surface area (Å²) in [6.07, 6.45) is 1.02. The van der Waals surface area contributed by atoms with E-state index in [1.165, 1.54) is 0 Å². The zero-order valence-corrected chi connectivity index (χ0v) is 3.77. The van der Waals surface area contributed by atoms with E-state index in [9.17, 15) is 4.79 Å². The molecule has 0 saturated heterocycles. The van der Waals surface area contributed by atoms with Gasteiger partial charge in [-0.3, -0.25) is 4.79 Å². The number of carbonyl (C=O) groups excluding carboxylic acids is 1. The van der Waals surface area contributed by atoms with Gasteiger partial charge in [0, 0.05) is 6.42 Å². The molecule has 0 aliphatic carbocycles. The van der Waals surface area contributed by atoms with Crippen LogP contribution in [0.3, 0.4) is 0 Å². The lowest BCUT2D eigenvalue weighted by Crippen LogP contribution is -1.93. The Morgan fingerprint density at radius 3 is 2.33 bits per heavy atom. The third-order valence-electron chi connectivity index (χ3n) is 0.464. The summed E-state index contributed by atoms with van der Waals surface area (Å²) in [5, 5.41) is 0. The molecule has 0 aromatic carbocycles. The first kappa shape index (κ1) is 5.47. The Morgan fingerprint density at radius 2 is 2.33 bits per heavy atom. The van der Waals surface area contributed by atoms with Crippen molar-refractivity contribution in [3.63, 3.8) is 0 Å². The molecule has 0 heterocycles. The molecule has 2 nitrogen and oxygen atoms in total. The minimum atomic E-state index is -0.711. The maximum absolute atomic E-state index is 9.60. The maximum atomic E-state index is 9.60. The van der Waals surface area contributed by atoms with Crippen LogP contribution in [0.5, 0.6) is 0 Å². The highest BCUT2D eigenvalue weighted by Gasteiger charge is 1.88. The van der Waals surface area contributed by atoms with Crippen LogP contribution in [-0.4, -0.2) is 5.91 Å². The first-order valence-electron chi connectivity index (χ1n) is 1.99. The molecule has 0 aliphatic heterocycles. The molecule has 0 atom stereocenters. The fourth-order valence-electron chi connectivity index (χ4n) is 0.214. The molecule has 0 saturated carbocycles. The molecule has 0 spiro atoms. The van der Waals surface area contributed by atoms with Gasteiger partial charge in [-0.05, 0) is 6.42 Å². The van der Waals surface area contributed by atoms with Crippen molar-refractivity contribution in [1.29, 1.82) is 0 Å². The van der Waals surface area contributed by atoms with Gasteiger partial charge in [0.1, 0.15) is 0 Å². The van der Waals surface area contributed by atoms with Crippen LogP contribution in [-0.2, 0) is 4.79 Å². The quantitative estimate of drug-likeness (QED) is 0.477. The predicted octanol–water partition coefficient (Wildman–Crippen LogP) is 0.382. The fourth-order valence-corrected chi connectivity index (χ4v) is 0.214. The van der Waals surface area contributed by atoms with Gasteiger partial charge in [0.2, 0.25) is 0 Å². The molecule has 6 heavy (non-hydrogen) atoms. The van der Waals surface area contributed by atoms with E-state index in [1.54, 1.807) is 0 Å². The van der Waals surface area contributed by atoms with Crippen LogP contribution < -0.4 is 5.73 Å². The van der Waals surface area contributed by atoms with Crippen molar-refractivity contribution in [2.45, 2.75) is 19.8 Å². The predicted molar refractivity (Wildman–Crippen MR) is 22.0 cm³/mol. The van der Waals surface area contributed by atoms with E-state index in [4.69, 9.17) is 5.73 Å². The molecule has 2 heteroatoms. The van der Waals surface area contributed by atoms with Crippen LogP contribution in [0.15, 0.2) is 0 Å². The summed E-state index contributed by atoms with van der Waals surface area (Å²) in [5.41, 5.74) is 7.91. The molecule has 0 aromatic heterocycles. The smallest absolute Gasteiger partial charge is 0.264 e. The van der Waals surface area contributed by atoms with Crippen molar-refractivity contribution in [3.05, 3.63) is 0 Å². The first-order chi connectivity index (χ1) is 2.77. The van der Waals surface area contributed by atoms with Crippen LogP contribution in [0, 0.1) is 0 Å². The fraction of sp³-hybridized carbons (Fsp3) is 0.750. The lowest BCUT2D eigenvalue weighted by Gasteiger charge is -1.77. The summed E-state index contributed by atoms with van der Waals surface area (Å²) in [4.78, 5) is 9.60. The lowest BCUT2D eigenvalue weighted by atomic mass is 10.3. The summed E-state index contributed by atoms with van der Waals surface area (Å²) in [6.45, 7) is 1.84. The molecule has 1 amide bonds. The number of rotatable bonds is 2. The molecule has 0 aromatic rings. The zero-order valence-electron chi connectivity index (χ0n) is 3.77. The number of nitrogens with zero attached hydrogens (tertiary/aromatic N) is 1. The van der Waals surface area contributed by atoms with E-state index >= 15 is 0 Å². The highest BCUT2D eigenvalue weighted by molar-refractivity contribution is 5.72. The Bertz CT molecular complexity index is 51.5. The average Bonchev–Trinajstić information content (AvgIpc) is 1.35. The van der Waals surface area contributed by atoms with Gasteiger partial charge in [-0.1, -0.05) is 6.92 Å². The lowest BCUT2D eigenvalue weighted by molar-refractivity contribution is -0.118. The van der Waals surface area contributed by atoms with Crippen LogP contribution in [0.25, 0.3) is 0 Å². The van der Waals surface area contributed by atoms with Crippen molar-refractivity contribution in [1.82, 2.24) is 5.73 Å². The molecule has 2 radical (unpaired) electrons. The Hall–Kier alpha value is -0.530. The van der Waals surface area contributed by atoms with Crippen LogP contribution in [0.4, 0.5) is 0 Å². The minimum Gasteiger partial charge on any atom is -0.271 e. The van der Waals surface area contributed by atoms with E-state index in [2.05, 4.69) is 0 Å². The molecule has 0 unspecified atom stereocenters. The average molecular weight is 85.1 g/mol. The molecular formula is C4H7NO. The summed E-state index contributed by atoms with van der Waals surface area (Å²) in [5.74, 6) is -0.711. The van der Waals surface area contributed by atoms with Gasteiger partial charge in [-0.25, -0.2) is 0 Å². The molecular weight excluding hydrogens is 78.0 g/mol. The van der Waals surface area contributed by atoms with Crippen molar-refractivity contribution in [2.75, 3.05) is 0 Å². The minimum absolute atomic E-state index is 0.292. The zero-order chi connectivity index (χ0) is 4.99. The highest BCUT2D eigenvalue weighted by Crippen LogP contribution is 1.81. The molecule has 0 N–H and O–H groups in total. The first-order valence-corrected chi connectivity index (χ1v) is 1.99. The van der Waals surface area contributed by atoms with Gasteiger partial charge >= 0.3 is 0 Å². The van der Waals surface area contributed by atoms with Crippen molar-refractivity contribution >= 4 is 5.91 Å². The van der Waals surface area contributed by atoms with E-state index in [1.807, 2.05) is 6.92 Å². The van der Waals surface area contributed by atoms with Gasteiger partial charge in [-0.15, -0.1) is 5.73 Å². The Balaban J connectivity index is 2.83. The molecule has 34 valence electrons. The summed E-state index contributed by atoms with van der Waals surface area (Å²) >= 11 is 0. The van der Waals surface area contributed by atoms with Crippen molar-refractivity contribution < 1.29 is 4.79 Å². The van der Waals surface area contributed by atoms with Crippen LogP contribution >= 0.6 is 0 Å². The van der Waals surface area contributed by atoms with Crippen molar-refractivity contribution in [2.24, 2.45) is 0 Å². The summed E-state index contributed by atoms with van der Waals surface area (Å²) in [6, 6.07) is 0. The molecule has 0 fully saturated rings. The third-order valence-corrected chi connectivity index (χ3v) is 0.464. The van der Waals surface area contributed by atoms with Gasteiger partial charge in [0.05, 0.1) is 0 Å². The van der Waals surface area contributed by atoms with Gasteiger partial charge in [0.15, 0.2) is 0 Å². The van der Waals surface area contributed by atoms with E-state index in [0.717, 1.165) is 6.42 Å². The van der Waals surface area contributed by atoms with Crippen molar-refractivity contribution in [3.8, 4) is 0 Å². The number of amides is 1. The standard InChI is InChI=1S/C4H7NO/c1-2-3-4(5)6/h2-3H2,1H3. The van der Waals surface area contributed by atoms with Gasteiger partial charge in [-0.2, -0.15) is 0 Å². The van der Waals surface area contributed by atoms with E-state index in [-0.39, 0.29) is 0 Å². The van der Waals surface area contributed by atoms with E-state index < -0.39 is 5.91 Å². The van der Waals surface area contributed by atoms with Gasteiger partial charge < -0.3 is 0 Å². The largest absolute Gasteiger partial charge is 0.271 e. The maximum Gasteiger partial charge on any atom is 0.264 e. The normalized spacial score (nSPS) is 8.17. The topological polar surface area (TPSA) is 39.4 Å². The highest BCUT2D eigenvalue weighted by atomic mass is 16.1. The molecule has 0 rings (SSSR count). The third kappa shape index (κ3) is 3.47. The summed E-state index contributed by atoms with van der Waals surface area (Å²) < 4.78 is 0. The van der Waals surface area contributed by atoms with Crippen LogP contribution in [0.2, 0.25) is 0 Å². The van der Waals surface area contributed by atoms with E-state index in [0.29, 0.717) is 6.42 Å². The summed E-state index contributed by atoms with van der Waals surface area (Å²) in [7, 11) is 0. The monoisotopic (exact) mass is 85.1 g/mol. The number of hydrogen-bond donors (Lipinski definition) is 0. The Labute approximate surface area is 37.3 Å². The molecule has 0 aliphatic rings. The van der Waals surface area contributed by atoms with Gasteiger partial charge in [0.25, 0.3) is 5.91 Å². The number of carbonyl (C=O) groups is 1. The Morgan fingerprint density at radius 1 is 1.83 bits per heavy atom. The molecule has 0 bridgehead atoms. The number of hydrogen-bond acceptors (Lipinski definition) is 1. The Kier molecular flexibility index (Phi) is 2.46. The van der Waals surface area contributed by atoms with Crippen LogP contribution in [0.1, 0.15) is 19.8 Å². The SMILES string of the molecule is CCCC([N])=O.